The van der Waals surface area contributed by atoms with Crippen molar-refractivity contribution in [1.29, 1.82) is 0 Å². The van der Waals surface area contributed by atoms with Gasteiger partial charge in [0.15, 0.2) is 18.9 Å². The lowest BCUT2D eigenvalue weighted by atomic mass is 9.43. The average molecular weight is 859 g/mol. The van der Waals surface area contributed by atoms with E-state index in [0.29, 0.717) is 18.8 Å². The molecule has 18 heteroatoms. The number of aliphatic hydroxyl groups is 9. The number of carbonyl (C=O) groups is 1. The van der Waals surface area contributed by atoms with Crippen LogP contribution in [0.5, 0.6) is 0 Å². The largest absolute Gasteiger partial charge is 0.458 e. The molecule has 23 atom stereocenters. The van der Waals surface area contributed by atoms with Crippen molar-refractivity contribution < 1.29 is 88.6 Å². The van der Waals surface area contributed by atoms with Gasteiger partial charge in [0, 0.05) is 37.4 Å². The SMILES string of the molecule is CO[C@@H]1C[C@H](O[C@H]2CC[C@]3(C)[C@H](CC[C@H]4[C@@H]3CC[C@]3(C)[C@@H](C5=CC(=O)OC5)[C@@H](O)C[C@]43O)C2)O[C@H](C)[C@H]1O[C@H]1O[C@@H](CO[C@@H]2O[C@H](CO)[C@H](O)[C@H](O)[C@@H]2O)[C@H](O)[C@@H](O)[C@@H]1O. The number of methoxy groups -OCH3 is 1. The Hall–Kier alpha value is -1.43. The summed E-state index contributed by atoms with van der Waals surface area (Å²) >= 11 is 0. The van der Waals surface area contributed by atoms with Gasteiger partial charge < -0.3 is 83.9 Å². The molecule has 60 heavy (non-hydrogen) atoms. The predicted octanol–water partition coefficient (Wildman–Crippen LogP) is -1.24. The smallest absolute Gasteiger partial charge is 0.331 e. The van der Waals surface area contributed by atoms with Crippen LogP contribution in [0.15, 0.2) is 11.6 Å². The Morgan fingerprint density at radius 1 is 0.800 bits per heavy atom. The summed E-state index contributed by atoms with van der Waals surface area (Å²) in [5, 5.41) is 96.4. The quantitative estimate of drug-likeness (QED) is 0.0918. The molecule has 18 nitrogen and oxygen atoms in total. The van der Waals surface area contributed by atoms with Crippen molar-refractivity contribution in [3.05, 3.63) is 11.6 Å². The van der Waals surface area contributed by atoms with Crippen LogP contribution in [0.1, 0.15) is 78.6 Å². The number of hydrogen-bond donors (Lipinski definition) is 9. The average Bonchev–Trinajstić information content (AvgIpc) is 3.73. The van der Waals surface area contributed by atoms with Gasteiger partial charge in [-0.05, 0) is 80.6 Å². The first-order chi connectivity index (χ1) is 28.4. The van der Waals surface area contributed by atoms with Crippen LogP contribution in [0, 0.1) is 34.5 Å². The summed E-state index contributed by atoms with van der Waals surface area (Å²) in [6.07, 6.45) is -10.7. The molecule has 0 amide bonds. The van der Waals surface area contributed by atoms with Gasteiger partial charge in [-0.3, -0.25) is 0 Å². The lowest BCUT2D eigenvalue weighted by Crippen LogP contribution is -2.63. The summed E-state index contributed by atoms with van der Waals surface area (Å²) in [6, 6.07) is 0. The Morgan fingerprint density at radius 3 is 2.18 bits per heavy atom. The van der Waals surface area contributed by atoms with E-state index in [-0.39, 0.29) is 41.8 Å². The minimum Gasteiger partial charge on any atom is -0.458 e. The number of aliphatic hydroxyl groups excluding tert-OH is 8. The first-order valence-corrected chi connectivity index (χ1v) is 21.8. The summed E-state index contributed by atoms with van der Waals surface area (Å²) < 4.78 is 47.1. The maximum absolute atomic E-state index is 12.6. The molecule has 4 saturated carbocycles. The number of rotatable bonds is 10. The zero-order chi connectivity index (χ0) is 43.1. The topological polar surface area (TPSA) is 273 Å². The second-order valence-electron chi connectivity index (χ2n) is 19.4. The molecular weight excluding hydrogens is 792 g/mol. The number of ether oxygens (including phenoxy) is 8. The van der Waals surface area contributed by atoms with Crippen molar-refractivity contribution in [3.8, 4) is 0 Å². The monoisotopic (exact) mass is 858 g/mol. The van der Waals surface area contributed by atoms with Gasteiger partial charge in [0.25, 0.3) is 0 Å². The Kier molecular flexibility index (Phi) is 12.9. The molecule has 342 valence electrons. The summed E-state index contributed by atoms with van der Waals surface area (Å²) in [6.45, 7) is 5.28. The molecule has 0 bridgehead atoms. The van der Waals surface area contributed by atoms with Gasteiger partial charge in [0.05, 0.1) is 43.2 Å². The molecule has 8 rings (SSSR count). The Labute approximate surface area is 349 Å². The fourth-order valence-corrected chi connectivity index (χ4v) is 13.0. The molecule has 8 aliphatic rings. The molecule has 0 aromatic rings. The third-order valence-electron chi connectivity index (χ3n) is 16.4. The van der Waals surface area contributed by atoms with Crippen molar-refractivity contribution in [1.82, 2.24) is 0 Å². The molecule has 0 aromatic carbocycles. The molecule has 7 fully saturated rings. The summed E-state index contributed by atoms with van der Waals surface area (Å²) in [5.41, 5.74) is -0.825. The number of cyclic esters (lactones) is 1. The van der Waals surface area contributed by atoms with Gasteiger partial charge in [0.1, 0.15) is 61.5 Å². The highest BCUT2D eigenvalue weighted by Crippen LogP contribution is 2.70. The van der Waals surface area contributed by atoms with E-state index in [2.05, 4.69) is 13.8 Å². The van der Waals surface area contributed by atoms with Crippen LogP contribution in [0.4, 0.5) is 0 Å². The van der Waals surface area contributed by atoms with Gasteiger partial charge in [-0.15, -0.1) is 0 Å². The summed E-state index contributed by atoms with van der Waals surface area (Å²) in [7, 11) is 1.53. The Balaban J connectivity index is 0.863. The number of hydrogen-bond acceptors (Lipinski definition) is 18. The Bertz CT molecular complexity index is 1570. The lowest BCUT2D eigenvalue weighted by molar-refractivity contribution is -0.355. The Morgan fingerprint density at radius 2 is 1.50 bits per heavy atom. The fourth-order valence-electron chi connectivity index (χ4n) is 13.0. The van der Waals surface area contributed by atoms with Gasteiger partial charge in [-0.2, -0.15) is 0 Å². The van der Waals surface area contributed by atoms with E-state index < -0.39 is 116 Å². The lowest BCUT2D eigenvalue weighted by Gasteiger charge is -2.63. The maximum atomic E-state index is 12.6. The first-order valence-electron chi connectivity index (χ1n) is 21.8. The third-order valence-corrected chi connectivity index (χ3v) is 16.4. The van der Waals surface area contributed by atoms with Gasteiger partial charge in [-0.1, -0.05) is 13.8 Å². The molecule has 4 heterocycles. The molecule has 0 spiro atoms. The predicted molar refractivity (Wildman–Crippen MR) is 203 cm³/mol. The summed E-state index contributed by atoms with van der Waals surface area (Å²) in [5.74, 6) is -0.00189. The highest BCUT2D eigenvalue weighted by Gasteiger charge is 2.70. The summed E-state index contributed by atoms with van der Waals surface area (Å²) in [4.78, 5) is 12.0. The molecule has 3 saturated heterocycles. The molecule has 9 N–H and O–H groups in total. The third kappa shape index (κ3) is 7.60. The number of carbonyl (C=O) groups excluding carboxylic acids is 1. The van der Waals surface area contributed by atoms with E-state index in [9.17, 15) is 50.8 Å². The van der Waals surface area contributed by atoms with E-state index in [1.54, 1.807) is 6.92 Å². The van der Waals surface area contributed by atoms with E-state index in [1.807, 2.05) is 0 Å². The van der Waals surface area contributed by atoms with E-state index in [1.165, 1.54) is 13.2 Å². The van der Waals surface area contributed by atoms with E-state index in [4.69, 9.17) is 37.9 Å². The van der Waals surface area contributed by atoms with Crippen molar-refractivity contribution in [2.24, 2.45) is 34.5 Å². The minimum absolute atomic E-state index is 0.0139. The second-order valence-corrected chi connectivity index (χ2v) is 19.4. The van der Waals surface area contributed by atoms with Crippen LogP contribution in [0.2, 0.25) is 0 Å². The molecule has 4 aliphatic heterocycles. The normalized spacial score (nSPS) is 54.4. The second kappa shape index (κ2) is 17.2. The van der Waals surface area contributed by atoms with Crippen LogP contribution in [-0.2, 0) is 42.7 Å². The molecule has 4 aliphatic carbocycles. The van der Waals surface area contributed by atoms with Crippen LogP contribution in [0.3, 0.4) is 0 Å². The zero-order valence-electron chi connectivity index (χ0n) is 34.8. The van der Waals surface area contributed by atoms with Crippen LogP contribution >= 0.6 is 0 Å². The van der Waals surface area contributed by atoms with Crippen molar-refractivity contribution in [2.45, 2.75) is 182 Å². The van der Waals surface area contributed by atoms with Gasteiger partial charge in [0.2, 0.25) is 0 Å². The van der Waals surface area contributed by atoms with E-state index in [0.717, 1.165) is 50.5 Å². The van der Waals surface area contributed by atoms with Crippen molar-refractivity contribution in [3.63, 3.8) is 0 Å². The van der Waals surface area contributed by atoms with Crippen LogP contribution in [-0.4, -0.2) is 183 Å². The maximum Gasteiger partial charge on any atom is 0.331 e. The number of esters is 1. The fraction of sp³-hybridized carbons (Fsp3) is 0.929. The minimum atomic E-state index is -1.71. The molecule has 0 unspecified atom stereocenters. The van der Waals surface area contributed by atoms with Crippen molar-refractivity contribution >= 4 is 5.97 Å². The first kappa shape index (κ1) is 45.1. The number of fused-ring (bicyclic) bond motifs is 5. The molecule has 0 aromatic heterocycles. The highest BCUT2D eigenvalue weighted by molar-refractivity contribution is 5.85. The molecular formula is C42H66O18. The van der Waals surface area contributed by atoms with Crippen LogP contribution < -0.4 is 0 Å². The van der Waals surface area contributed by atoms with Gasteiger partial charge in [-0.25, -0.2) is 4.79 Å². The molecule has 0 radical (unpaired) electrons. The van der Waals surface area contributed by atoms with Crippen LogP contribution in [0.25, 0.3) is 0 Å². The van der Waals surface area contributed by atoms with E-state index >= 15 is 0 Å². The zero-order valence-corrected chi connectivity index (χ0v) is 34.8. The van der Waals surface area contributed by atoms with Crippen molar-refractivity contribution in [2.75, 3.05) is 26.9 Å². The van der Waals surface area contributed by atoms with Gasteiger partial charge >= 0.3 is 5.97 Å². The highest BCUT2D eigenvalue weighted by atomic mass is 16.8. The standard InChI is InChI=1S/C42H66O18/c1-18-37(60-39-36(51)34(49)32(47)27(59-39)17-55-38-35(50)33(48)31(46)26(15-43)58-38)25(53-4)13-29(56-18)57-21-7-9-40(2)20(12-21)5-6-23-22(40)8-10-41(3)30(19-11-28(45)54-16-19)24(44)14-42(23,41)52/h11,18,20-27,29-39,43-44,46-52H,5-10,12-17H2,1-4H3/t18-,20-,21+,22+,23+,24+,25-,26-,27+,29+,30+,31+,32+,33+,34-,35+,36+,37-,38-,39-,40-,41-,42+/m1/s1.